The highest BCUT2D eigenvalue weighted by Crippen LogP contribution is 2.50. The van der Waals surface area contributed by atoms with Crippen LogP contribution >= 0.6 is 11.6 Å². The number of halogens is 3. The number of hydrogen-bond acceptors (Lipinski definition) is 9. The Kier molecular flexibility index (Phi) is 7.30. The quantitative estimate of drug-likeness (QED) is 0.257. The van der Waals surface area contributed by atoms with Crippen LogP contribution in [0.15, 0.2) is 18.2 Å². The first-order chi connectivity index (χ1) is 22.3. The van der Waals surface area contributed by atoms with Crippen LogP contribution in [0.3, 0.4) is 0 Å². The molecule has 4 saturated heterocycles. The number of ether oxygens (including phenoxy) is 3. The molecule has 1 aliphatic carbocycles. The Labute approximate surface area is 269 Å². The first-order valence-corrected chi connectivity index (χ1v) is 16.3. The number of fused-ring (bicyclic) bond motifs is 3. The maximum atomic E-state index is 16.9. The van der Waals surface area contributed by atoms with Crippen molar-refractivity contribution in [1.29, 1.82) is 0 Å². The summed E-state index contributed by atoms with van der Waals surface area (Å²) in [6.45, 7) is 2.66. The van der Waals surface area contributed by atoms with Crippen LogP contribution in [0.5, 0.6) is 11.8 Å². The van der Waals surface area contributed by atoms with Gasteiger partial charge in [-0.15, -0.1) is 0 Å². The van der Waals surface area contributed by atoms with Crippen molar-refractivity contribution < 1.29 is 32.6 Å². The highest BCUT2D eigenvalue weighted by atomic mass is 35.5. The number of carbonyl (C=O) groups is 2. The first-order valence-electron chi connectivity index (χ1n) is 15.9. The average Bonchev–Trinajstić information content (AvgIpc) is 3.32. The van der Waals surface area contributed by atoms with Gasteiger partial charge in [-0.2, -0.15) is 9.97 Å². The molecule has 2 unspecified atom stereocenters. The monoisotopic (exact) mass is 653 g/mol. The van der Waals surface area contributed by atoms with E-state index in [4.69, 9.17) is 25.8 Å². The molecular weight excluding hydrogens is 620 g/mol. The molecule has 1 N–H and O–H groups in total. The normalized spacial score (nSPS) is 23.7. The molecule has 4 aliphatic heterocycles. The van der Waals surface area contributed by atoms with Crippen molar-refractivity contribution in [3.63, 3.8) is 0 Å². The van der Waals surface area contributed by atoms with Crippen molar-refractivity contribution in [2.45, 2.75) is 50.0 Å². The number of aromatic nitrogens is 2. The van der Waals surface area contributed by atoms with Crippen LogP contribution in [-0.2, 0) is 14.3 Å². The number of amides is 2. The Balaban J connectivity index is 1.26. The molecule has 0 bridgehead atoms. The van der Waals surface area contributed by atoms with E-state index in [1.54, 1.807) is 17.0 Å². The van der Waals surface area contributed by atoms with Gasteiger partial charge < -0.3 is 19.1 Å². The van der Waals surface area contributed by atoms with Gasteiger partial charge in [0.25, 0.3) is 0 Å². The zero-order valence-electron chi connectivity index (χ0n) is 25.4. The van der Waals surface area contributed by atoms with Crippen LogP contribution in [0, 0.1) is 23.5 Å². The smallest absolute Gasteiger partial charge is 0.319 e. The fourth-order valence-electron chi connectivity index (χ4n) is 7.98. The summed E-state index contributed by atoms with van der Waals surface area (Å²) < 4.78 is 50.1. The molecule has 0 radical (unpaired) electrons. The van der Waals surface area contributed by atoms with Crippen LogP contribution in [-0.4, -0.2) is 78.9 Å². The maximum Gasteiger partial charge on any atom is 0.319 e. The molecule has 5 aliphatic rings. The van der Waals surface area contributed by atoms with Crippen LogP contribution < -0.4 is 19.7 Å². The molecule has 2 atom stereocenters. The van der Waals surface area contributed by atoms with E-state index < -0.39 is 23.5 Å². The summed E-state index contributed by atoms with van der Waals surface area (Å²) in [5.74, 6) is -2.92. The lowest BCUT2D eigenvalue weighted by molar-refractivity contribution is -0.126. The minimum absolute atomic E-state index is 0.0300. The second-order valence-electron chi connectivity index (χ2n) is 13.1. The fraction of sp³-hybridized carbons (Fsp3) is 0.515. The van der Waals surface area contributed by atoms with Gasteiger partial charge in [0, 0.05) is 30.6 Å². The van der Waals surface area contributed by atoms with E-state index in [0.29, 0.717) is 28.5 Å². The molecule has 46 heavy (non-hydrogen) atoms. The van der Waals surface area contributed by atoms with Crippen molar-refractivity contribution in [2.24, 2.45) is 11.8 Å². The molecule has 1 aromatic heterocycles. The molecule has 13 heteroatoms. The molecular formula is C33H34ClF2N5O5. The highest BCUT2D eigenvalue weighted by Gasteiger charge is 2.49. The third-order valence-electron chi connectivity index (χ3n) is 10.4. The number of carbonyl (C=O) groups excluding carboxylic acids is 2. The number of imide groups is 1. The van der Waals surface area contributed by atoms with Crippen LogP contribution in [0.25, 0.3) is 22.0 Å². The van der Waals surface area contributed by atoms with Gasteiger partial charge in [0.05, 0.1) is 22.9 Å². The summed E-state index contributed by atoms with van der Waals surface area (Å²) in [5.41, 5.74) is 0.466. The van der Waals surface area contributed by atoms with E-state index in [2.05, 4.69) is 20.2 Å². The second kappa shape index (κ2) is 11.3. The van der Waals surface area contributed by atoms with Gasteiger partial charge >= 0.3 is 6.01 Å². The number of hydrogen-bond donors (Lipinski definition) is 1. The minimum atomic E-state index is -0.875. The minimum Gasteiger partial charge on any atom is -0.467 e. The summed E-state index contributed by atoms with van der Waals surface area (Å²) in [4.78, 5) is 38.4. The SMILES string of the molecule is COCOc1cc(Cl)c(C2CC2)c(-c2c(F)cc3c(N4CC5C(=O)NC(=O)C5C4)nc(OCC45CCCN4CCC5)nc3c2F)c1. The summed E-state index contributed by atoms with van der Waals surface area (Å²) in [5, 5.41) is 2.87. The predicted molar refractivity (Wildman–Crippen MR) is 165 cm³/mol. The number of nitrogens with zero attached hydrogens (tertiary/aromatic N) is 4. The third kappa shape index (κ3) is 4.87. The largest absolute Gasteiger partial charge is 0.467 e. The molecule has 10 nitrogen and oxygen atoms in total. The lowest BCUT2D eigenvalue weighted by Gasteiger charge is -2.31. The van der Waals surface area contributed by atoms with Gasteiger partial charge in [-0.1, -0.05) is 11.6 Å². The Hall–Kier alpha value is -3.61. The zero-order chi connectivity index (χ0) is 31.7. The lowest BCUT2D eigenvalue weighted by atomic mass is 9.94. The lowest BCUT2D eigenvalue weighted by Crippen LogP contribution is -2.43. The standard InChI is InChI=1S/C33H34ClF2N5O5/c1-44-16-46-18-10-19(25(17-4-5-17)23(34)11-18)26-24(35)12-20-28(27(26)36)37-32(45-15-33-6-2-8-41(33)9-3-7-33)38-29(20)40-13-21-22(14-40)31(43)39-30(21)42/h10-12,17,21-22H,2-9,13-16H2,1H3,(H,39,42,43). The van der Waals surface area contributed by atoms with Crippen molar-refractivity contribution >= 4 is 40.1 Å². The number of anilines is 1. The van der Waals surface area contributed by atoms with Gasteiger partial charge in [0.1, 0.15) is 29.5 Å². The van der Waals surface area contributed by atoms with E-state index in [0.717, 1.165) is 51.6 Å². The van der Waals surface area contributed by atoms with E-state index in [-0.39, 0.29) is 71.4 Å². The molecule has 5 heterocycles. The Bertz CT molecular complexity index is 1740. The third-order valence-corrected chi connectivity index (χ3v) is 10.7. The summed E-state index contributed by atoms with van der Waals surface area (Å²) >= 11 is 6.69. The molecule has 242 valence electrons. The molecule has 1 saturated carbocycles. The van der Waals surface area contributed by atoms with Gasteiger partial charge in [-0.3, -0.25) is 19.8 Å². The molecule has 8 rings (SSSR count). The Morgan fingerprint density at radius 2 is 1.74 bits per heavy atom. The molecule has 2 aromatic carbocycles. The molecule has 5 fully saturated rings. The molecule has 3 aromatic rings. The summed E-state index contributed by atoms with van der Waals surface area (Å²) in [7, 11) is 1.48. The van der Waals surface area contributed by atoms with Crippen molar-refractivity contribution in [1.82, 2.24) is 20.2 Å². The van der Waals surface area contributed by atoms with E-state index in [9.17, 15) is 9.59 Å². The van der Waals surface area contributed by atoms with Crippen molar-refractivity contribution in [3.05, 3.63) is 40.4 Å². The molecule has 0 spiro atoms. The Morgan fingerprint density at radius 1 is 1.02 bits per heavy atom. The maximum absolute atomic E-state index is 16.9. The fourth-order valence-corrected chi connectivity index (χ4v) is 8.35. The number of methoxy groups -OCH3 is 1. The van der Waals surface area contributed by atoms with E-state index >= 15 is 8.78 Å². The highest BCUT2D eigenvalue weighted by molar-refractivity contribution is 6.32. The van der Waals surface area contributed by atoms with Gasteiger partial charge in [0.2, 0.25) is 11.8 Å². The van der Waals surface area contributed by atoms with Crippen molar-refractivity contribution in [3.8, 4) is 22.9 Å². The first kappa shape index (κ1) is 29.8. The summed E-state index contributed by atoms with van der Waals surface area (Å²) in [6.07, 6.45) is 5.86. The second-order valence-corrected chi connectivity index (χ2v) is 13.6. The van der Waals surface area contributed by atoms with E-state index in [1.165, 1.54) is 13.2 Å². The zero-order valence-corrected chi connectivity index (χ0v) is 26.2. The molecule has 2 amide bonds. The van der Waals surface area contributed by atoms with Crippen LogP contribution in [0.2, 0.25) is 5.02 Å². The number of benzene rings is 2. The van der Waals surface area contributed by atoms with Gasteiger partial charge in [-0.25, -0.2) is 8.78 Å². The van der Waals surface area contributed by atoms with Gasteiger partial charge in [0.15, 0.2) is 12.6 Å². The van der Waals surface area contributed by atoms with E-state index in [1.807, 2.05) is 0 Å². The Morgan fingerprint density at radius 3 is 2.41 bits per heavy atom. The van der Waals surface area contributed by atoms with Crippen LogP contribution in [0.4, 0.5) is 14.6 Å². The van der Waals surface area contributed by atoms with Crippen molar-refractivity contribution in [2.75, 3.05) is 51.6 Å². The summed E-state index contributed by atoms with van der Waals surface area (Å²) in [6, 6.07) is 4.42. The predicted octanol–water partition coefficient (Wildman–Crippen LogP) is 4.80. The van der Waals surface area contributed by atoms with Crippen LogP contribution in [0.1, 0.15) is 50.0 Å². The number of nitrogens with one attached hydrogen (secondary N) is 1. The topological polar surface area (TPSA) is 106 Å². The number of rotatable bonds is 9. The average molecular weight is 654 g/mol. The van der Waals surface area contributed by atoms with Gasteiger partial charge in [-0.05, 0) is 86.9 Å².